The van der Waals surface area contributed by atoms with E-state index < -0.39 is 5.97 Å². The van der Waals surface area contributed by atoms with Gasteiger partial charge in [0.2, 0.25) is 0 Å². The minimum atomic E-state index is -0.501. The summed E-state index contributed by atoms with van der Waals surface area (Å²) in [7, 11) is 0. The Labute approximate surface area is 161 Å². The SMILES string of the molecule is CCCn1nnnc1COC(=O)/C=C/c1c(C)nn(-c2ccc(F)cc2)c1C. The van der Waals surface area contributed by atoms with Gasteiger partial charge in [-0.25, -0.2) is 18.5 Å². The predicted molar refractivity (Wildman–Crippen MR) is 99.9 cm³/mol. The summed E-state index contributed by atoms with van der Waals surface area (Å²) in [6, 6.07) is 6.06. The van der Waals surface area contributed by atoms with E-state index in [1.807, 2.05) is 20.8 Å². The summed E-state index contributed by atoms with van der Waals surface area (Å²) in [6.07, 6.45) is 3.89. The van der Waals surface area contributed by atoms with Gasteiger partial charge in [-0.2, -0.15) is 5.10 Å². The van der Waals surface area contributed by atoms with E-state index in [0.29, 0.717) is 12.4 Å². The van der Waals surface area contributed by atoms with E-state index in [9.17, 15) is 9.18 Å². The maximum Gasteiger partial charge on any atom is 0.331 e. The number of ether oxygens (including phenoxy) is 1. The summed E-state index contributed by atoms with van der Waals surface area (Å²) in [6.45, 7) is 6.40. The van der Waals surface area contributed by atoms with Crippen LogP contribution in [-0.2, 0) is 22.7 Å². The summed E-state index contributed by atoms with van der Waals surface area (Å²) >= 11 is 0. The van der Waals surface area contributed by atoms with Gasteiger partial charge in [0, 0.05) is 23.9 Å². The van der Waals surface area contributed by atoms with E-state index in [1.54, 1.807) is 27.6 Å². The molecule has 0 radical (unpaired) electrons. The number of benzene rings is 1. The molecule has 8 nitrogen and oxygen atoms in total. The fraction of sp³-hybridized carbons (Fsp3) is 0.316. The van der Waals surface area contributed by atoms with Gasteiger partial charge in [-0.1, -0.05) is 6.92 Å². The highest BCUT2D eigenvalue weighted by Crippen LogP contribution is 2.19. The molecule has 28 heavy (non-hydrogen) atoms. The molecule has 0 aliphatic heterocycles. The minimum Gasteiger partial charge on any atom is -0.454 e. The third-order valence-corrected chi connectivity index (χ3v) is 4.19. The average molecular weight is 384 g/mol. The Balaban J connectivity index is 1.69. The summed E-state index contributed by atoms with van der Waals surface area (Å²) in [5.74, 6) is -0.308. The molecule has 0 aliphatic carbocycles. The lowest BCUT2D eigenvalue weighted by Gasteiger charge is -2.04. The van der Waals surface area contributed by atoms with Gasteiger partial charge in [0.1, 0.15) is 5.82 Å². The van der Waals surface area contributed by atoms with Gasteiger partial charge in [0.05, 0.1) is 11.4 Å². The molecule has 0 N–H and O–H groups in total. The molecule has 0 atom stereocenters. The standard InChI is InChI=1S/C19H21FN6O2/c1-4-11-25-18(21-23-24-25)12-28-19(27)10-9-17-13(2)22-26(14(17)3)16-7-5-15(20)6-8-16/h5-10H,4,11-12H2,1-3H3/b10-9+. The van der Waals surface area contributed by atoms with Crippen LogP contribution in [0.3, 0.4) is 0 Å². The number of esters is 1. The number of aryl methyl sites for hydroxylation is 2. The van der Waals surface area contributed by atoms with Crippen LogP contribution in [0.4, 0.5) is 4.39 Å². The number of aromatic nitrogens is 6. The Morgan fingerprint density at radius 3 is 2.71 bits per heavy atom. The third kappa shape index (κ3) is 4.30. The molecular weight excluding hydrogens is 363 g/mol. The van der Waals surface area contributed by atoms with Crippen LogP contribution in [0.1, 0.15) is 36.1 Å². The van der Waals surface area contributed by atoms with Crippen LogP contribution in [0.5, 0.6) is 0 Å². The zero-order valence-corrected chi connectivity index (χ0v) is 16.0. The Morgan fingerprint density at radius 2 is 2.00 bits per heavy atom. The van der Waals surface area contributed by atoms with Crippen molar-refractivity contribution in [3.05, 3.63) is 58.9 Å². The van der Waals surface area contributed by atoms with Crippen molar-refractivity contribution in [1.29, 1.82) is 0 Å². The van der Waals surface area contributed by atoms with E-state index in [4.69, 9.17) is 4.74 Å². The van der Waals surface area contributed by atoms with Gasteiger partial charge in [0.25, 0.3) is 0 Å². The molecule has 3 rings (SSSR count). The summed E-state index contributed by atoms with van der Waals surface area (Å²) in [5.41, 5.74) is 3.13. The number of nitrogens with zero attached hydrogens (tertiary/aromatic N) is 6. The topological polar surface area (TPSA) is 87.7 Å². The molecule has 0 spiro atoms. The Kier molecular flexibility index (Phi) is 5.93. The zero-order valence-electron chi connectivity index (χ0n) is 16.0. The smallest absolute Gasteiger partial charge is 0.331 e. The van der Waals surface area contributed by atoms with Gasteiger partial charge >= 0.3 is 5.97 Å². The molecule has 0 saturated heterocycles. The number of hydrogen-bond donors (Lipinski definition) is 0. The Bertz CT molecular complexity index is 991. The monoisotopic (exact) mass is 384 g/mol. The fourth-order valence-corrected chi connectivity index (χ4v) is 2.78. The summed E-state index contributed by atoms with van der Waals surface area (Å²) in [4.78, 5) is 12.1. The van der Waals surface area contributed by atoms with Crippen molar-refractivity contribution in [1.82, 2.24) is 30.0 Å². The van der Waals surface area contributed by atoms with Gasteiger partial charge in [-0.3, -0.25) is 0 Å². The number of hydrogen-bond acceptors (Lipinski definition) is 6. The van der Waals surface area contributed by atoms with Crippen LogP contribution < -0.4 is 0 Å². The highest BCUT2D eigenvalue weighted by molar-refractivity contribution is 5.87. The van der Waals surface area contributed by atoms with Gasteiger partial charge in [-0.15, -0.1) is 5.10 Å². The van der Waals surface area contributed by atoms with Gasteiger partial charge in [-0.05, 0) is 61.0 Å². The van der Waals surface area contributed by atoms with E-state index in [1.165, 1.54) is 18.2 Å². The molecule has 0 aliphatic rings. The zero-order chi connectivity index (χ0) is 20.1. The molecule has 0 saturated carbocycles. The Morgan fingerprint density at radius 1 is 1.25 bits per heavy atom. The van der Waals surface area contributed by atoms with Crippen molar-refractivity contribution >= 4 is 12.0 Å². The van der Waals surface area contributed by atoms with E-state index in [2.05, 4.69) is 20.6 Å². The van der Waals surface area contributed by atoms with E-state index in [0.717, 1.165) is 29.1 Å². The van der Waals surface area contributed by atoms with Crippen molar-refractivity contribution in [3.8, 4) is 5.69 Å². The first kappa shape index (κ1) is 19.4. The van der Waals surface area contributed by atoms with Crippen LogP contribution in [0, 0.1) is 19.7 Å². The Hall–Kier alpha value is -3.36. The second-order valence-corrected chi connectivity index (χ2v) is 6.23. The molecular formula is C19H21FN6O2. The van der Waals surface area contributed by atoms with Crippen molar-refractivity contribution in [2.45, 2.75) is 40.3 Å². The maximum absolute atomic E-state index is 13.1. The molecule has 146 valence electrons. The lowest BCUT2D eigenvalue weighted by atomic mass is 10.2. The van der Waals surface area contributed by atoms with E-state index >= 15 is 0 Å². The van der Waals surface area contributed by atoms with E-state index in [-0.39, 0.29) is 12.4 Å². The van der Waals surface area contributed by atoms with Crippen LogP contribution in [0.15, 0.2) is 30.3 Å². The second-order valence-electron chi connectivity index (χ2n) is 6.23. The first-order valence-corrected chi connectivity index (χ1v) is 8.91. The van der Waals surface area contributed by atoms with Crippen molar-refractivity contribution < 1.29 is 13.9 Å². The third-order valence-electron chi connectivity index (χ3n) is 4.19. The van der Waals surface area contributed by atoms with Crippen LogP contribution in [0.2, 0.25) is 0 Å². The fourth-order valence-electron chi connectivity index (χ4n) is 2.78. The highest BCUT2D eigenvalue weighted by Gasteiger charge is 2.12. The highest BCUT2D eigenvalue weighted by atomic mass is 19.1. The summed E-state index contributed by atoms with van der Waals surface area (Å²) in [5, 5.41) is 15.8. The van der Waals surface area contributed by atoms with Crippen LogP contribution >= 0.6 is 0 Å². The molecule has 9 heteroatoms. The molecule has 3 aromatic rings. The number of carbonyl (C=O) groups is 1. The van der Waals surface area contributed by atoms with Gasteiger partial charge in [0.15, 0.2) is 12.4 Å². The molecule has 0 amide bonds. The molecule has 2 heterocycles. The largest absolute Gasteiger partial charge is 0.454 e. The normalized spacial score (nSPS) is 11.3. The first-order valence-electron chi connectivity index (χ1n) is 8.91. The molecule has 2 aromatic heterocycles. The quantitative estimate of drug-likeness (QED) is 0.460. The van der Waals surface area contributed by atoms with Crippen LogP contribution in [-0.4, -0.2) is 36.0 Å². The lowest BCUT2D eigenvalue weighted by molar-refractivity contribution is -0.139. The maximum atomic E-state index is 13.1. The van der Waals surface area contributed by atoms with Gasteiger partial charge < -0.3 is 4.74 Å². The number of rotatable bonds is 7. The number of halogens is 1. The average Bonchev–Trinajstić information content (AvgIpc) is 3.23. The molecule has 0 fully saturated rings. The van der Waals surface area contributed by atoms with Crippen LogP contribution in [0.25, 0.3) is 11.8 Å². The molecule has 1 aromatic carbocycles. The first-order chi connectivity index (χ1) is 13.5. The number of carbonyl (C=O) groups excluding carboxylic acids is 1. The van der Waals surface area contributed by atoms with Crippen molar-refractivity contribution in [2.75, 3.05) is 0 Å². The number of tetrazole rings is 1. The predicted octanol–water partition coefficient (Wildman–Crippen LogP) is 2.78. The van der Waals surface area contributed by atoms with Crippen molar-refractivity contribution in [2.24, 2.45) is 0 Å². The summed E-state index contributed by atoms with van der Waals surface area (Å²) < 4.78 is 21.7. The van der Waals surface area contributed by atoms with Crippen molar-refractivity contribution in [3.63, 3.8) is 0 Å². The minimum absolute atomic E-state index is 0.00296. The lowest BCUT2D eigenvalue weighted by Crippen LogP contribution is -2.09. The molecule has 0 unspecified atom stereocenters. The molecule has 0 bridgehead atoms. The second kappa shape index (κ2) is 8.55.